The molecule has 1 aliphatic heterocycles. The fraction of sp³-hybridized carbons (Fsp3) is 0.393. The Labute approximate surface area is 223 Å². The van der Waals surface area contributed by atoms with Gasteiger partial charge in [-0.05, 0) is 68.7 Å². The third-order valence-electron chi connectivity index (χ3n) is 7.20. The number of ketones is 1. The number of benzene rings is 1. The lowest BCUT2D eigenvalue weighted by Crippen LogP contribution is -2.39. The van der Waals surface area contributed by atoms with Gasteiger partial charge in [0.05, 0.1) is 29.7 Å². The number of hydrogen-bond acceptors (Lipinski definition) is 7. The van der Waals surface area contributed by atoms with Crippen molar-refractivity contribution in [1.29, 1.82) is 5.26 Å². The highest BCUT2D eigenvalue weighted by atomic mass is 79.9. The molecule has 0 amide bonds. The van der Waals surface area contributed by atoms with Gasteiger partial charge < -0.3 is 10.5 Å². The van der Waals surface area contributed by atoms with Gasteiger partial charge in [0.15, 0.2) is 5.78 Å². The SMILES string of the molecule is CCOC(=O)c1c(N2C(N)=C(C#N)[C@H](c3ccc(Br)cc3)C3=C2CCCC3=O)sc2c1CCCCC2. The van der Waals surface area contributed by atoms with Crippen molar-refractivity contribution in [1.82, 2.24) is 0 Å². The first-order chi connectivity index (χ1) is 17.5. The van der Waals surface area contributed by atoms with E-state index in [4.69, 9.17) is 10.5 Å². The van der Waals surface area contributed by atoms with Crippen LogP contribution in [0.25, 0.3) is 0 Å². The lowest BCUT2D eigenvalue weighted by molar-refractivity contribution is -0.116. The zero-order valence-electron chi connectivity index (χ0n) is 20.2. The number of allylic oxidation sites excluding steroid dienone is 3. The summed E-state index contributed by atoms with van der Waals surface area (Å²) in [6, 6.07) is 10.0. The van der Waals surface area contributed by atoms with Gasteiger partial charge in [-0.15, -0.1) is 11.3 Å². The van der Waals surface area contributed by atoms with Crippen LogP contribution in [0.2, 0.25) is 0 Å². The molecule has 8 heteroatoms. The monoisotopic (exact) mass is 565 g/mol. The smallest absolute Gasteiger partial charge is 0.341 e. The van der Waals surface area contributed by atoms with Gasteiger partial charge in [-0.2, -0.15) is 5.26 Å². The van der Waals surface area contributed by atoms with E-state index in [0.717, 1.165) is 53.4 Å². The first-order valence-corrected chi connectivity index (χ1v) is 14.1. The minimum atomic E-state index is -0.522. The van der Waals surface area contributed by atoms with Gasteiger partial charge in [0.1, 0.15) is 10.8 Å². The second kappa shape index (κ2) is 10.2. The maximum Gasteiger partial charge on any atom is 0.341 e. The van der Waals surface area contributed by atoms with Crippen LogP contribution in [0.1, 0.15) is 77.7 Å². The topological polar surface area (TPSA) is 96.4 Å². The molecule has 36 heavy (non-hydrogen) atoms. The minimum Gasteiger partial charge on any atom is -0.462 e. The van der Waals surface area contributed by atoms with E-state index in [9.17, 15) is 14.9 Å². The number of aryl methyl sites for hydroxylation is 1. The van der Waals surface area contributed by atoms with Crippen LogP contribution in [0.5, 0.6) is 0 Å². The second-order valence-electron chi connectivity index (χ2n) is 9.33. The summed E-state index contributed by atoms with van der Waals surface area (Å²) in [6.45, 7) is 2.07. The Morgan fingerprint density at radius 1 is 1.17 bits per heavy atom. The van der Waals surface area contributed by atoms with E-state index in [0.29, 0.717) is 46.8 Å². The van der Waals surface area contributed by atoms with Gasteiger partial charge in [-0.25, -0.2) is 4.79 Å². The Morgan fingerprint density at radius 3 is 2.64 bits per heavy atom. The van der Waals surface area contributed by atoms with Gasteiger partial charge in [0.25, 0.3) is 0 Å². The van der Waals surface area contributed by atoms with Crippen LogP contribution in [0.3, 0.4) is 0 Å². The summed E-state index contributed by atoms with van der Waals surface area (Å²) in [5.74, 6) is -0.561. The zero-order valence-corrected chi connectivity index (χ0v) is 22.6. The molecule has 2 aromatic rings. The molecular weight excluding hydrogens is 538 g/mol. The maximum absolute atomic E-state index is 13.4. The molecule has 0 bridgehead atoms. The zero-order chi connectivity index (χ0) is 25.4. The Hall–Kier alpha value is -2.89. The molecular formula is C28H28BrN3O3S. The van der Waals surface area contributed by atoms with E-state index in [-0.39, 0.29) is 18.4 Å². The van der Waals surface area contributed by atoms with Crippen molar-refractivity contribution in [3.05, 3.63) is 73.0 Å². The minimum absolute atomic E-state index is 0.0326. The highest BCUT2D eigenvalue weighted by Gasteiger charge is 2.42. The number of carbonyl (C=O) groups excluding carboxylic acids is 2. The number of halogens is 1. The van der Waals surface area contributed by atoms with Crippen LogP contribution < -0.4 is 10.6 Å². The normalized spacial score (nSPS) is 20.0. The number of nitriles is 1. The number of Topliss-reactive ketones (excluding diaryl/α,β-unsaturated/α-hetero) is 1. The van der Waals surface area contributed by atoms with Gasteiger partial charge in [-0.3, -0.25) is 9.69 Å². The van der Waals surface area contributed by atoms with Crippen molar-refractivity contribution in [3.8, 4) is 6.07 Å². The molecule has 0 saturated heterocycles. The molecule has 2 N–H and O–H groups in total. The first kappa shape index (κ1) is 24.8. The van der Waals surface area contributed by atoms with Crippen LogP contribution in [0.15, 0.2) is 51.4 Å². The molecule has 2 aliphatic carbocycles. The van der Waals surface area contributed by atoms with E-state index < -0.39 is 5.92 Å². The molecule has 1 aromatic heterocycles. The number of nitrogens with two attached hydrogens (primary N) is 1. The van der Waals surface area contributed by atoms with Crippen molar-refractivity contribution < 1.29 is 14.3 Å². The molecule has 2 heterocycles. The van der Waals surface area contributed by atoms with Gasteiger partial charge in [0.2, 0.25) is 0 Å². The van der Waals surface area contributed by atoms with Crippen LogP contribution in [0, 0.1) is 11.3 Å². The standard InChI is InChI=1S/C28H28BrN3O3S/c1-2-35-28(34)24-18-7-4-3-5-10-22(18)36-27(24)32-20-8-6-9-21(33)25(20)23(19(15-30)26(32)31)16-11-13-17(29)14-12-16/h11-14,23H,2-10,31H2,1H3/t23-/m0/s1. The van der Waals surface area contributed by atoms with Crippen molar-refractivity contribution in [2.24, 2.45) is 5.73 Å². The number of hydrogen-bond donors (Lipinski definition) is 1. The van der Waals surface area contributed by atoms with Crippen LogP contribution in [-0.4, -0.2) is 18.4 Å². The summed E-state index contributed by atoms with van der Waals surface area (Å²) in [7, 11) is 0. The van der Waals surface area contributed by atoms with E-state index in [1.165, 1.54) is 4.88 Å². The first-order valence-electron chi connectivity index (χ1n) is 12.5. The molecule has 1 atom stereocenters. The lowest BCUT2D eigenvalue weighted by atomic mass is 9.75. The van der Waals surface area contributed by atoms with Crippen molar-refractivity contribution in [3.63, 3.8) is 0 Å². The number of rotatable bonds is 4. The average molecular weight is 567 g/mol. The fourth-order valence-electron chi connectivity index (χ4n) is 5.61. The number of ether oxygens (including phenoxy) is 1. The van der Waals surface area contributed by atoms with E-state index >= 15 is 0 Å². The second-order valence-corrected chi connectivity index (χ2v) is 11.3. The molecule has 0 spiro atoms. The summed E-state index contributed by atoms with van der Waals surface area (Å²) in [4.78, 5) is 29.7. The quantitative estimate of drug-likeness (QED) is 0.347. The number of fused-ring (bicyclic) bond motifs is 1. The predicted molar refractivity (Wildman–Crippen MR) is 144 cm³/mol. The molecule has 5 rings (SSSR count). The van der Waals surface area contributed by atoms with Gasteiger partial charge in [-0.1, -0.05) is 34.5 Å². The fourth-order valence-corrected chi connectivity index (χ4v) is 7.29. The number of carbonyl (C=O) groups is 2. The van der Waals surface area contributed by atoms with E-state index in [1.54, 1.807) is 18.3 Å². The summed E-state index contributed by atoms with van der Waals surface area (Å²) in [5.41, 5.74) is 11.0. The van der Waals surface area contributed by atoms with Crippen molar-refractivity contribution in [2.45, 2.75) is 64.2 Å². The van der Waals surface area contributed by atoms with Crippen molar-refractivity contribution in [2.75, 3.05) is 11.5 Å². The Balaban J connectivity index is 1.75. The van der Waals surface area contributed by atoms with E-state index in [2.05, 4.69) is 22.0 Å². The van der Waals surface area contributed by atoms with Gasteiger partial charge in [0, 0.05) is 27.0 Å². The molecule has 186 valence electrons. The van der Waals surface area contributed by atoms with E-state index in [1.807, 2.05) is 29.2 Å². The van der Waals surface area contributed by atoms with Crippen LogP contribution >= 0.6 is 27.3 Å². The lowest BCUT2D eigenvalue weighted by Gasteiger charge is -2.39. The number of thiophene rings is 1. The predicted octanol–water partition coefficient (Wildman–Crippen LogP) is 6.26. The number of esters is 1. The van der Waals surface area contributed by atoms with Crippen molar-refractivity contribution >= 4 is 44.0 Å². The molecule has 6 nitrogen and oxygen atoms in total. The van der Waals surface area contributed by atoms with Crippen LogP contribution in [0.4, 0.5) is 5.00 Å². The number of nitrogens with zero attached hydrogens (tertiary/aromatic N) is 2. The third kappa shape index (κ3) is 4.18. The molecule has 0 unspecified atom stereocenters. The Bertz CT molecular complexity index is 1330. The highest BCUT2D eigenvalue weighted by Crippen LogP contribution is 2.50. The Kier molecular flexibility index (Phi) is 7.05. The molecule has 0 radical (unpaired) electrons. The summed E-state index contributed by atoms with van der Waals surface area (Å²) in [5, 5.41) is 11.0. The maximum atomic E-state index is 13.4. The largest absolute Gasteiger partial charge is 0.462 e. The molecule has 0 saturated carbocycles. The Morgan fingerprint density at radius 2 is 1.92 bits per heavy atom. The highest BCUT2D eigenvalue weighted by molar-refractivity contribution is 9.10. The third-order valence-corrected chi connectivity index (χ3v) is 9.01. The number of anilines is 1. The van der Waals surface area contributed by atoms with Gasteiger partial charge >= 0.3 is 5.97 Å². The summed E-state index contributed by atoms with van der Waals surface area (Å²) in [6.07, 6.45) is 6.72. The van der Waals surface area contributed by atoms with Crippen LogP contribution in [-0.2, 0) is 22.4 Å². The molecule has 0 fully saturated rings. The summed E-state index contributed by atoms with van der Waals surface area (Å²) >= 11 is 5.03. The summed E-state index contributed by atoms with van der Waals surface area (Å²) < 4.78 is 6.42. The molecule has 1 aromatic carbocycles. The average Bonchev–Trinajstić information content (AvgIpc) is 3.06. The molecule has 3 aliphatic rings.